The van der Waals surface area contributed by atoms with E-state index in [2.05, 4.69) is 4.74 Å². The SMILES string of the molecule is COC(=O)CCCCC1CC[S][Bi]([O][N+](=O)[O-])[S]1. The molecule has 1 aliphatic heterocycles. The first-order valence-electron chi connectivity index (χ1n) is 5.61. The molecular weight excluding hydrogens is 475 g/mol. The summed E-state index contributed by atoms with van der Waals surface area (Å²) in [5.41, 5.74) is 0. The van der Waals surface area contributed by atoms with Crippen LogP contribution in [-0.2, 0) is 12.4 Å². The molecule has 6 nitrogen and oxygen atoms in total. The molecule has 0 radical (unpaired) electrons. The Kier molecular flexibility index (Phi) is 8.34. The number of unbranched alkanes of at least 4 members (excludes halogenated alkanes) is 1. The van der Waals surface area contributed by atoms with E-state index in [-0.39, 0.29) is 5.97 Å². The summed E-state index contributed by atoms with van der Waals surface area (Å²) in [7, 11) is 4.78. The number of carbonyl (C=O) groups excluding carboxylic acids is 1. The van der Waals surface area contributed by atoms with Crippen LogP contribution in [-0.4, -0.2) is 48.4 Å². The Balaban J connectivity index is 2.14. The van der Waals surface area contributed by atoms with Crippen molar-refractivity contribution in [3.05, 3.63) is 10.1 Å². The predicted octanol–water partition coefficient (Wildman–Crippen LogP) is 2.15. The summed E-state index contributed by atoms with van der Waals surface area (Å²) < 4.78 is 9.33. The fourth-order valence-electron chi connectivity index (χ4n) is 1.50. The number of methoxy groups -OCH3 is 1. The van der Waals surface area contributed by atoms with Gasteiger partial charge in [0.25, 0.3) is 0 Å². The van der Waals surface area contributed by atoms with Gasteiger partial charge in [0.1, 0.15) is 0 Å². The van der Waals surface area contributed by atoms with Crippen molar-refractivity contribution in [1.82, 2.24) is 0 Å². The third-order valence-electron chi connectivity index (χ3n) is 2.39. The quantitative estimate of drug-likeness (QED) is 0.178. The molecule has 1 saturated heterocycles. The van der Waals surface area contributed by atoms with Crippen LogP contribution in [0.5, 0.6) is 0 Å². The second-order valence-corrected chi connectivity index (χ2v) is 20.9. The predicted molar refractivity (Wildman–Crippen MR) is 72.8 cm³/mol. The van der Waals surface area contributed by atoms with Crippen molar-refractivity contribution in [2.24, 2.45) is 0 Å². The fraction of sp³-hybridized carbons (Fsp3) is 0.889. The van der Waals surface area contributed by atoms with E-state index >= 15 is 0 Å². The molecule has 0 aromatic rings. The van der Waals surface area contributed by atoms with Crippen molar-refractivity contribution in [1.29, 1.82) is 0 Å². The molecule has 0 amide bonds. The molecule has 1 unspecified atom stereocenters. The summed E-state index contributed by atoms with van der Waals surface area (Å²) in [6, 6.07) is 0. The van der Waals surface area contributed by atoms with Crippen LogP contribution in [0.25, 0.3) is 0 Å². The van der Waals surface area contributed by atoms with Crippen LogP contribution in [0.2, 0.25) is 0 Å². The van der Waals surface area contributed by atoms with Crippen LogP contribution in [0, 0.1) is 10.1 Å². The van der Waals surface area contributed by atoms with E-state index in [1.54, 1.807) is 17.0 Å². The molecule has 1 rings (SSSR count). The van der Waals surface area contributed by atoms with E-state index in [4.69, 9.17) is 2.91 Å². The topological polar surface area (TPSA) is 78.7 Å². The first kappa shape index (κ1) is 16.3. The van der Waals surface area contributed by atoms with Crippen molar-refractivity contribution in [2.45, 2.75) is 37.4 Å². The van der Waals surface area contributed by atoms with E-state index in [0.29, 0.717) is 11.7 Å². The van der Waals surface area contributed by atoms with Gasteiger partial charge in [-0.25, -0.2) is 0 Å². The zero-order valence-electron chi connectivity index (χ0n) is 10.1. The Morgan fingerprint density at radius 2 is 2.33 bits per heavy atom. The van der Waals surface area contributed by atoms with Crippen LogP contribution >= 0.6 is 17.0 Å². The average molecular weight is 491 g/mol. The normalized spacial score (nSPS) is 20.4. The molecule has 18 heavy (non-hydrogen) atoms. The molecule has 0 aliphatic carbocycles. The summed E-state index contributed by atoms with van der Waals surface area (Å²) in [5, 5.41) is 10.1. The number of rotatable bonds is 7. The van der Waals surface area contributed by atoms with E-state index in [1.165, 1.54) is 7.11 Å². The minimum atomic E-state index is -2.42. The molecule has 0 bridgehead atoms. The van der Waals surface area contributed by atoms with Crippen LogP contribution in [0.15, 0.2) is 0 Å². The van der Waals surface area contributed by atoms with E-state index in [1.807, 2.05) is 0 Å². The van der Waals surface area contributed by atoms with Gasteiger partial charge in [-0.3, -0.25) is 0 Å². The number of nitrogens with zero attached hydrogens (tertiary/aromatic N) is 1. The molecule has 104 valence electrons. The molecule has 9 heteroatoms. The van der Waals surface area contributed by atoms with Gasteiger partial charge in [-0.2, -0.15) is 0 Å². The monoisotopic (exact) mass is 491 g/mol. The molecule has 0 saturated carbocycles. The van der Waals surface area contributed by atoms with Crippen molar-refractivity contribution >= 4 is 42.3 Å². The summed E-state index contributed by atoms with van der Waals surface area (Å²) in [6.45, 7) is 0. The van der Waals surface area contributed by atoms with E-state index < -0.39 is 24.3 Å². The van der Waals surface area contributed by atoms with Crippen molar-refractivity contribution in [3.8, 4) is 0 Å². The second-order valence-electron chi connectivity index (χ2n) is 3.70. The first-order chi connectivity index (χ1) is 8.61. The number of hydrogen-bond donors (Lipinski definition) is 0. The van der Waals surface area contributed by atoms with Crippen LogP contribution in [0.4, 0.5) is 0 Å². The van der Waals surface area contributed by atoms with Gasteiger partial charge in [-0.05, 0) is 0 Å². The second kappa shape index (κ2) is 9.20. The molecule has 0 aromatic carbocycles. The molecule has 1 fully saturated rings. The Labute approximate surface area is 119 Å². The van der Waals surface area contributed by atoms with Gasteiger partial charge in [0.15, 0.2) is 0 Å². The molecule has 0 aromatic heterocycles. The molecule has 1 atom stereocenters. The molecule has 1 aliphatic rings. The van der Waals surface area contributed by atoms with Gasteiger partial charge < -0.3 is 0 Å². The standard InChI is InChI=1S/C9H18O2S2.Bi.NO3/c1-11-9(10)5-3-2-4-8(13)6-7-12;;2-1(3)4/h8,12-13H,2-7H2,1H3;;/q;+3;-1/p-2. The van der Waals surface area contributed by atoms with Crippen LogP contribution in [0.3, 0.4) is 0 Å². The maximum atomic E-state index is 10.9. The number of esters is 1. The Morgan fingerprint density at radius 3 is 3.00 bits per heavy atom. The van der Waals surface area contributed by atoms with E-state index in [9.17, 15) is 14.9 Å². The van der Waals surface area contributed by atoms with Gasteiger partial charge in [-0.1, -0.05) is 0 Å². The molecular formula is C9H16BiNO5S2. The summed E-state index contributed by atoms with van der Waals surface area (Å²) in [4.78, 5) is 21.2. The zero-order chi connectivity index (χ0) is 13.4. The van der Waals surface area contributed by atoms with Gasteiger partial charge in [-0.15, -0.1) is 0 Å². The number of ether oxygens (including phenoxy) is 1. The zero-order valence-corrected chi connectivity index (χ0v) is 15.2. The van der Waals surface area contributed by atoms with E-state index in [0.717, 1.165) is 31.4 Å². The maximum absolute atomic E-state index is 10.9. The first-order valence-corrected chi connectivity index (χ1v) is 17.3. The van der Waals surface area contributed by atoms with Gasteiger partial charge >= 0.3 is 120 Å². The van der Waals surface area contributed by atoms with Crippen LogP contribution in [0.1, 0.15) is 32.1 Å². The Morgan fingerprint density at radius 1 is 1.56 bits per heavy atom. The molecule has 0 spiro atoms. The molecule has 0 N–H and O–H groups in total. The third kappa shape index (κ3) is 6.99. The van der Waals surface area contributed by atoms with Gasteiger partial charge in [0, 0.05) is 0 Å². The number of carbonyl (C=O) groups is 1. The summed E-state index contributed by atoms with van der Waals surface area (Å²) >= 11 is -2.42. The number of hydrogen-bond acceptors (Lipinski definition) is 7. The Bertz CT molecular complexity index is 294. The summed E-state index contributed by atoms with van der Waals surface area (Å²) in [6.07, 6.45) is 4.34. The van der Waals surface area contributed by atoms with Crippen molar-refractivity contribution in [2.75, 3.05) is 12.9 Å². The van der Waals surface area contributed by atoms with Gasteiger partial charge in [0.2, 0.25) is 0 Å². The average Bonchev–Trinajstić information content (AvgIpc) is 2.34. The van der Waals surface area contributed by atoms with Crippen LogP contribution < -0.4 is 0 Å². The third-order valence-corrected chi connectivity index (χ3v) is 21.3. The van der Waals surface area contributed by atoms with Crippen molar-refractivity contribution < 1.29 is 17.5 Å². The minimum absolute atomic E-state index is 0.171. The summed E-state index contributed by atoms with van der Waals surface area (Å²) in [5.74, 6) is 0.802. The van der Waals surface area contributed by atoms with Gasteiger partial charge in [0.05, 0.1) is 0 Å². The Hall–Kier alpha value is 0.253. The molecule has 1 heterocycles. The van der Waals surface area contributed by atoms with Crippen molar-refractivity contribution in [3.63, 3.8) is 0 Å². The fourth-order valence-corrected chi connectivity index (χ4v) is 21.2.